The normalized spacial score (nSPS) is 11.2. The molecule has 3 rings (SSSR count). The minimum atomic E-state index is -0.263. The van der Waals surface area contributed by atoms with Crippen LogP contribution in [-0.2, 0) is 11.3 Å². The van der Waals surface area contributed by atoms with Gasteiger partial charge in [-0.1, -0.05) is 18.2 Å². The second-order valence-corrected chi connectivity index (χ2v) is 5.77. The molecule has 126 valence electrons. The first kappa shape index (κ1) is 16.3. The molecule has 1 amide bonds. The lowest BCUT2D eigenvalue weighted by atomic mass is 10.1. The molecule has 0 saturated heterocycles. The van der Waals surface area contributed by atoms with Gasteiger partial charge in [0.15, 0.2) is 5.76 Å². The summed E-state index contributed by atoms with van der Waals surface area (Å²) in [5, 5.41) is 8.34. The van der Waals surface area contributed by atoms with Crippen molar-refractivity contribution in [2.45, 2.75) is 27.3 Å². The van der Waals surface area contributed by atoms with Crippen LogP contribution in [0.2, 0.25) is 0 Å². The number of anilines is 1. The van der Waals surface area contributed by atoms with Crippen molar-refractivity contribution in [2.24, 2.45) is 0 Å². The maximum absolute atomic E-state index is 12.7. The summed E-state index contributed by atoms with van der Waals surface area (Å²) in [6, 6.07) is 7.63. The zero-order valence-corrected chi connectivity index (χ0v) is 14.3. The number of aryl methyl sites for hydroxylation is 2. The first-order chi connectivity index (χ1) is 11.5. The highest BCUT2D eigenvalue weighted by Crippen LogP contribution is 2.27. The zero-order valence-electron chi connectivity index (χ0n) is 14.3. The highest BCUT2D eigenvalue weighted by molar-refractivity contribution is 6.06. The molecule has 0 unspecified atom stereocenters. The lowest BCUT2D eigenvalue weighted by Crippen LogP contribution is -2.14. The Kier molecular flexibility index (Phi) is 4.40. The number of aromatic nitrogens is 2. The molecule has 2 aromatic heterocycles. The topological polar surface area (TPSA) is 69.3 Å². The van der Waals surface area contributed by atoms with Crippen molar-refractivity contribution in [2.75, 3.05) is 19.0 Å². The Morgan fingerprint density at radius 3 is 2.75 bits per heavy atom. The number of fused-ring (bicyclic) bond motifs is 1. The van der Waals surface area contributed by atoms with Crippen LogP contribution in [0.15, 0.2) is 28.7 Å². The highest BCUT2D eigenvalue weighted by Gasteiger charge is 2.20. The number of furan rings is 1. The van der Waals surface area contributed by atoms with Crippen LogP contribution < -0.4 is 5.32 Å². The van der Waals surface area contributed by atoms with Crippen molar-refractivity contribution in [3.8, 4) is 0 Å². The van der Waals surface area contributed by atoms with E-state index in [9.17, 15) is 4.79 Å². The van der Waals surface area contributed by atoms with E-state index in [2.05, 4.69) is 10.4 Å². The fourth-order valence-corrected chi connectivity index (χ4v) is 2.83. The van der Waals surface area contributed by atoms with Gasteiger partial charge < -0.3 is 14.5 Å². The van der Waals surface area contributed by atoms with Gasteiger partial charge in [0.1, 0.15) is 5.58 Å². The Hall–Kier alpha value is -2.60. The van der Waals surface area contributed by atoms with Gasteiger partial charge >= 0.3 is 0 Å². The molecule has 0 aliphatic carbocycles. The van der Waals surface area contributed by atoms with Crippen molar-refractivity contribution < 1.29 is 13.9 Å². The van der Waals surface area contributed by atoms with Crippen LogP contribution in [0.1, 0.15) is 27.5 Å². The Balaban J connectivity index is 1.89. The quantitative estimate of drug-likeness (QED) is 0.779. The summed E-state index contributed by atoms with van der Waals surface area (Å²) in [5.41, 5.74) is 3.93. The molecule has 6 nitrogen and oxygen atoms in total. The molecule has 0 fully saturated rings. The molecule has 1 aromatic carbocycles. The van der Waals surface area contributed by atoms with Gasteiger partial charge in [-0.3, -0.25) is 9.48 Å². The molecule has 0 radical (unpaired) electrons. The van der Waals surface area contributed by atoms with Gasteiger partial charge in [-0.15, -0.1) is 0 Å². The molecule has 2 heterocycles. The number of benzene rings is 1. The van der Waals surface area contributed by atoms with E-state index in [-0.39, 0.29) is 5.91 Å². The first-order valence-electron chi connectivity index (χ1n) is 7.85. The van der Waals surface area contributed by atoms with E-state index in [1.54, 1.807) is 7.11 Å². The third-order valence-corrected chi connectivity index (χ3v) is 4.18. The number of amides is 1. The lowest BCUT2D eigenvalue weighted by molar-refractivity contribution is 0.0997. The average Bonchev–Trinajstić information content (AvgIpc) is 3.05. The predicted octanol–water partition coefficient (Wildman–Crippen LogP) is 3.45. The third kappa shape index (κ3) is 2.80. The van der Waals surface area contributed by atoms with Gasteiger partial charge in [0, 0.05) is 18.1 Å². The summed E-state index contributed by atoms with van der Waals surface area (Å²) in [4.78, 5) is 12.7. The van der Waals surface area contributed by atoms with E-state index in [1.165, 1.54) is 0 Å². The fourth-order valence-electron chi connectivity index (χ4n) is 2.83. The van der Waals surface area contributed by atoms with Gasteiger partial charge in [-0.25, -0.2) is 0 Å². The summed E-state index contributed by atoms with van der Waals surface area (Å²) in [6.07, 6.45) is 0. The molecule has 0 atom stereocenters. The van der Waals surface area contributed by atoms with Crippen LogP contribution in [0.4, 0.5) is 5.69 Å². The van der Waals surface area contributed by atoms with Gasteiger partial charge in [-0.05, 0) is 26.8 Å². The summed E-state index contributed by atoms with van der Waals surface area (Å²) in [6.45, 7) is 6.90. The van der Waals surface area contributed by atoms with Crippen LogP contribution in [0.5, 0.6) is 0 Å². The number of hydrogen-bond donors (Lipinski definition) is 1. The molecule has 24 heavy (non-hydrogen) atoms. The Bertz CT molecular complexity index is 892. The minimum absolute atomic E-state index is 0.263. The average molecular weight is 327 g/mol. The molecule has 0 spiro atoms. The Morgan fingerprint density at radius 2 is 2.04 bits per heavy atom. The van der Waals surface area contributed by atoms with E-state index in [4.69, 9.17) is 9.15 Å². The molecule has 0 aliphatic rings. The number of rotatable bonds is 5. The number of carbonyl (C=O) groups is 1. The summed E-state index contributed by atoms with van der Waals surface area (Å²) in [7, 11) is 1.65. The molecule has 1 N–H and O–H groups in total. The number of methoxy groups -OCH3 is 1. The van der Waals surface area contributed by atoms with Crippen molar-refractivity contribution >= 4 is 22.6 Å². The molecule has 0 saturated carbocycles. The SMILES string of the molecule is COCCn1nc(C)c(NC(=O)c2oc3ccccc3c2C)c1C. The van der Waals surface area contributed by atoms with E-state index in [0.29, 0.717) is 24.5 Å². The molecule has 0 bridgehead atoms. The lowest BCUT2D eigenvalue weighted by Gasteiger charge is -2.06. The molecule has 0 aliphatic heterocycles. The van der Waals surface area contributed by atoms with Gasteiger partial charge in [0.25, 0.3) is 5.91 Å². The highest BCUT2D eigenvalue weighted by atomic mass is 16.5. The molecular weight excluding hydrogens is 306 g/mol. The van der Waals surface area contributed by atoms with Gasteiger partial charge in [0.05, 0.1) is 30.2 Å². The predicted molar refractivity (Wildman–Crippen MR) is 92.5 cm³/mol. The van der Waals surface area contributed by atoms with E-state index >= 15 is 0 Å². The fraction of sp³-hybridized carbons (Fsp3) is 0.333. The van der Waals surface area contributed by atoms with Crippen molar-refractivity contribution in [3.63, 3.8) is 0 Å². The standard InChI is InChI=1S/C18H21N3O3/c1-11-14-7-5-6-8-15(14)24-17(11)18(22)19-16-12(2)20-21(13(16)3)9-10-23-4/h5-8H,9-10H2,1-4H3,(H,19,22). The maximum atomic E-state index is 12.7. The first-order valence-corrected chi connectivity index (χ1v) is 7.85. The van der Waals surface area contributed by atoms with Crippen LogP contribution in [0.25, 0.3) is 11.0 Å². The number of ether oxygens (including phenoxy) is 1. The molecular formula is C18H21N3O3. The number of para-hydroxylation sites is 1. The number of nitrogens with one attached hydrogen (secondary N) is 1. The number of hydrogen-bond acceptors (Lipinski definition) is 4. The third-order valence-electron chi connectivity index (χ3n) is 4.18. The van der Waals surface area contributed by atoms with Crippen molar-refractivity contribution in [1.82, 2.24) is 9.78 Å². The number of nitrogens with zero attached hydrogens (tertiary/aromatic N) is 2. The van der Waals surface area contributed by atoms with Gasteiger partial charge in [-0.2, -0.15) is 5.10 Å². The Labute approximate surface area is 140 Å². The van der Waals surface area contributed by atoms with Crippen LogP contribution in [0, 0.1) is 20.8 Å². The summed E-state index contributed by atoms with van der Waals surface area (Å²) < 4.78 is 12.6. The van der Waals surface area contributed by atoms with E-state index < -0.39 is 0 Å². The Morgan fingerprint density at radius 1 is 1.29 bits per heavy atom. The van der Waals surface area contributed by atoms with Crippen LogP contribution in [-0.4, -0.2) is 29.4 Å². The maximum Gasteiger partial charge on any atom is 0.291 e. The van der Waals surface area contributed by atoms with Crippen molar-refractivity contribution in [1.29, 1.82) is 0 Å². The second-order valence-electron chi connectivity index (χ2n) is 5.77. The van der Waals surface area contributed by atoms with Crippen LogP contribution in [0.3, 0.4) is 0 Å². The minimum Gasteiger partial charge on any atom is -0.451 e. The second kappa shape index (κ2) is 6.49. The monoisotopic (exact) mass is 327 g/mol. The largest absolute Gasteiger partial charge is 0.451 e. The molecule has 3 aromatic rings. The zero-order chi connectivity index (χ0) is 17.3. The van der Waals surface area contributed by atoms with Crippen LogP contribution >= 0.6 is 0 Å². The van der Waals surface area contributed by atoms with Gasteiger partial charge in [0.2, 0.25) is 0 Å². The molecule has 6 heteroatoms. The van der Waals surface area contributed by atoms with Crippen molar-refractivity contribution in [3.05, 3.63) is 47.0 Å². The number of carbonyl (C=O) groups excluding carboxylic acids is 1. The smallest absolute Gasteiger partial charge is 0.291 e. The summed E-state index contributed by atoms with van der Waals surface area (Å²) >= 11 is 0. The van der Waals surface area contributed by atoms with E-state index in [0.717, 1.165) is 28.0 Å². The van der Waals surface area contributed by atoms with E-state index in [1.807, 2.05) is 49.7 Å². The summed E-state index contributed by atoms with van der Waals surface area (Å²) in [5.74, 6) is 0.0702.